The average molecular weight is 340 g/mol. The van der Waals surface area contributed by atoms with Gasteiger partial charge in [-0.25, -0.2) is 9.97 Å². The molecule has 7 nitrogen and oxygen atoms in total. The Labute approximate surface area is 141 Å². The van der Waals surface area contributed by atoms with E-state index in [0.717, 1.165) is 0 Å². The highest BCUT2D eigenvalue weighted by atomic mass is 35.5. The van der Waals surface area contributed by atoms with Gasteiger partial charge in [0.15, 0.2) is 0 Å². The molecule has 1 saturated heterocycles. The number of piperazine rings is 1. The Kier molecular flexibility index (Phi) is 5.76. The predicted octanol–water partition coefficient (Wildman–Crippen LogP) is 0.506. The Morgan fingerprint density at radius 1 is 1.22 bits per heavy atom. The fourth-order valence-corrected chi connectivity index (χ4v) is 2.30. The molecular weight excluding hydrogens is 318 g/mol. The van der Waals surface area contributed by atoms with Gasteiger partial charge in [-0.1, -0.05) is 0 Å². The predicted molar refractivity (Wildman–Crippen MR) is 88.3 cm³/mol. The summed E-state index contributed by atoms with van der Waals surface area (Å²) in [4.78, 5) is 36.3. The van der Waals surface area contributed by atoms with Crippen molar-refractivity contribution < 1.29 is 9.59 Å². The van der Waals surface area contributed by atoms with Crippen molar-refractivity contribution >= 4 is 29.4 Å². The number of hydrogen-bond donors (Lipinski definition) is 1. The van der Waals surface area contributed by atoms with Gasteiger partial charge in [0.1, 0.15) is 0 Å². The molecule has 0 bridgehead atoms. The van der Waals surface area contributed by atoms with Gasteiger partial charge in [0, 0.05) is 44.5 Å². The van der Waals surface area contributed by atoms with Crippen molar-refractivity contribution in [3.8, 4) is 0 Å². The minimum Gasteiger partial charge on any atom is -0.347 e. The van der Waals surface area contributed by atoms with Crippen molar-refractivity contribution in [1.29, 1.82) is 0 Å². The standard InChI is InChI=1S/C15H22ClN5O2/c1-15(2,11-16)13(23)19-10-12(22)20-6-8-21(9-7-20)14-17-4-3-5-18-14/h3-5H,6-11H2,1-2H3,(H,19,23). The van der Waals surface area contributed by atoms with Crippen LogP contribution in [-0.2, 0) is 9.59 Å². The van der Waals surface area contributed by atoms with E-state index in [1.54, 1.807) is 37.2 Å². The van der Waals surface area contributed by atoms with Crippen molar-refractivity contribution in [2.24, 2.45) is 5.41 Å². The van der Waals surface area contributed by atoms with Crippen molar-refractivity contribution in [3.63, 3.8) is 0 Å². The summed E-state index contributed by atoms with van der Waals surface area (Å²) in [6.07, 6.45) is 3.40. The van der Waals surface area contributed by atoms with Crippen molar-refractivity contribution in [2.75, 3.05) is 43.5 Å². The lowest BCUT2D eigenvalue weighted by Gasteiger charge is -2.34. The molecule has 0 aromatic carbocycles. The first-order valence-corrected chi connectivity index (χ1v) is 8.11. The van der Waals surface area contributed by atoms with Gasteiger partial charge in [-0.05, 0) is 19.9 Å². The van der Waals surface area contributed by atoms with Crippen LogP contribution in [0.5, 0.6) is 0 Å². The molecule has 0 spiro atoms. The number of carbonyl (C=O) groups excluding carboxylic acids is 2. The molecule has 0 unspecified atom stereocenters. The summed E-state index contributed by atoms with van der Waals surface area (Å²) < 4.78 is 0. The molecule has 126 valence electrons. The van der Waals surface area contributed by atoms with Crippen LogP contribution in [0.4, 0.5) is 5.95 Å². The van der Waals surface area contributed by atoms with E-state index >= 15 is 0 Å². The maximum atomic E-state index is 12.2. The van der Waals surface area contributed by atoms with Crippen molar-refractivity contribution in [1.82, 2.24) is 20.2 Å². The van der Waals surface area contributed by atoms with Gasteiger partial charge in [-0.15, -0.1) is 11.6 Å². The minimum absolute atomic E-state index is 0.000981. The van der Waals surface area contributed by atoms with Crippen LogP contribution in [0, 0.1) is 5.41 Å². The molecule has 1 aliphatic heterocycles. The van der Waals surface area contributed by atoms with Crippen LogP contribution < -0.4 is 10.2 Å². The lowest BCUT2D eigenvalue weighted by atomic mass is 9.95. The first kappa shape index (κ1) is 17.5. The van der Waals surface area contributed by atoms with E-state index in [4.69, 9.17) is 11.6 Å². The second-order valence-corrected chi connectivity index (χ2v) is 6.38. The highest BCUT2D eigenvalue weighted by Gasteiger charge is 2.28. The van der Waals surface area contributed by atoms with Crippen molar-refractivity contribution in [2.45, 2.75) is 13.8 Å². The Bertz CT molecular complexity index is 544. The van der Waals surface area contributed by atoms with Crippen LogP contribution in [0.3, 0.4) is 0 Å². The molecule has 2 rings (SSSR count). The quantitative estimate of drug-likeness (QED) is 0.791. The lowest BCUT2D eigenvalue weighted by Crippen LogP contribution is -2.52. The molecule has 0 atom stereocenters. The lowest BCUT2D eigenvalue weighted by molar-refractivity contribution is -0.135. The van der Waals surface area contributed by atoms with Crippen LogP contribution in [0.1, 0.15) is 13.8 Å². The van der Waals surface area contributed by atoms with Gasteiger partial charge in [-0.2, -0.15) is 0 Å². The van der Waals surface area contributed by atoms with Gasteiger partial charge >= 0.3 is 0 Å². The molecule has 23 heavy (non-hydrogen) atoms. The van der Waals surface area contributed by atoms with Gasteiger partial charge in [-0.3, -0.25) is 9.59 Å². The first-order valence-electron chi connectivity index (χ1n) is 7.58. The monoisotopic (exact) mass is 339 g/mol. The third-order valence-electron chi connectivity index (χ3n) is 3.82. The summed E-state index contributed by atoms with van der Waals surface area (Å²) in [5, 5.41) is 2.66. The number of aromatic nitrogens is 2. The van der Waals surface area contributed by atoms with E-state index in [0.29, 0.717) is 32.1 Å². The molecule has 2 heterocycles. The highest BCUT2D eigenvalue weighted by Crippen LogP contribution is 2.16. The maximum Gasteiger partial charge on any atom is 0.242 e. The van der Waals surface area contributed by atoms with E-state index in [1.807, 2.05) is 4.90 Å². The van der Waals surface area contributed by atoms with Crippen LogP contribution in [-0.4, -0.2) is 65.3 Å². The third kappa shape index (κ3) is 4.54. The molecule has 2 amide bonds. The van der Waals surface area contributed by atoms with Crippen LogP contribution in [0.2, 0.25) is 0 Å². The number of carbonyl (C=O) groups is 2. The smallest absolute Gasteiger partial charge is 0.242 e. The van der Waals surface area contributed by atoms with Crippen molar-refractivity contribution in [3.05, 3.63) is 18.5 Å². The molecule has 1 aromatic heterocycles. The summed E-state index contributed by atoms with van der Waals surface area (Å²) in [6, 6.07) is 1.77. The highest BCUT2D eigenvalue weighted by molar-refractivity contribution is 6.19. The molecule has 0 aliphatic carbocycles. The molecule has 8 heteroatoms. The Balaban J connectivity index is 1.79. The summed E-state index contributed by atoms with van der Waals surface area (Å²) >= 11 is 5.75. The van der Waals surface area contributed by atoms with Crippen LogP contribution in [0.25, 0.3) is 0 Å². The summed E-state index contributed by atoms with van der Waals surface area (Å²) in [7, 11) is 0. The van der Waals surface area contributed by atoms with E-state index in [2.05, 4.69) is 15.3 Å². The van der Waals surface area contributed by atoms with Crippen LogP contribution in [0.15, 0.2) is 18.5 Å². The molecule has 0 radical (unpaired) electrons. The number of alkyl halides is 1. The molecule has 0 saturated carbocycles. The van der Waals surface area contributed by atoms with Gasteiger partial charge in [0.05, 0.1) is 12.0 Å². The SMILES string of the molecule is CC(C)(CCl)C(=O)NCC(=O)N1CCN(c2ncccn2)CC1. The second-order valence-electron chi connectivity index (χ2n) is 6.12. The first-order chi connectivity index (χ1) is 10.9. The van der Waals surface area contributed by atoms with E-state index < -0.39 is 5.41 Å². The fourth-order valence-electron chi connectivity index (χ4n) is 2.18. The van der Waals surface area contributed by atoms with Gasteiger partial charge in [0.2, 0.25) is 17.8 Å². The fraction of sp³-hybridized carbons (Fsp3) is 0.600. The van der Waals surface area contributed by atoms with E-state index in [9.17, 15) is 9.59 Å². The topological polar surface area (TPSA) is 78.4 Å². The zero-order valence-corrected chi connectivity index (χ0v) is 14.2. The average Bonchev–Trinajstić information content (AvgIpc) is 2.60. The molecule has 1 N–H and O–H groups in total. The van der Waals surface area contributed by atoms with E-state index in [1.165, 1.54) is 0 Å². The third-order valence-corrected chi connectivity index (χ3v) is 4.48. The number of nitrogens with one attached hydrogen (secondary N) is 1. The van der Waals surface area contributed by atoms with E-state index in [-0.39, 0.29) is 24.2 Å². The number of hydrogen-bond acceptors (Lipinski definition) is 5. The second kappa shape index (κ2) is 7.59. The minimum atomic E-state index is -0.675. The molecular formula is C15H22ClN5O2. The zero-order valence-electron chi connectivity index (χ0n) is 13.5. The Hall–Kier alpha value is -1.89. The molecule has 1 fully saturated rings. The molecule has 1 aromatic rings. The summed E-state index contributed by atoms with van der Waals surface area (Å²) in [5.41, 5.74) is -0.675. The number of nitrogens with zero attached hydrogens (tertiary/aromatic N) is 4. The number of rotatable bonds is 5. The Morgan fingerprint density at radius 3 is 2.39 bits per heavy atom. The number of halogens is 1. The molecule has 1 aliphatic rings. The summed E-state index contributed by atoms with van der Waals surface area (Å²) in [5.74, 6) is 0.592. The van der Waals surface area contributed by atoms with Crippen LogP contribution >= 0.6 is 11.6 Å². The number of anilines is 1. The number of amides is 2. The van der Waals surface area contributed by atoms with Gasteiger partial charge in [0.25, 0.3) is 0 Å². The maximum absolute atomic E-state index is 12.2. The zero-order chi connectivity index (χ0) is 16.9. The normalized spacial score (nSPS) is 15.4. The largest absolute Gasteiger partial charge is 0.347 e. The Morgan fingerprint density at radius 2 is 1.83 bits per heavy atom. The van der Waals surface area contributed by atoms with Gasteiger partial charge < -0.3 is 15.1 Å². The summed E-state index contributed by atoms with van der Waals surface area (Å²) in [6.45, 7) is 6.03.